The molecule has 136 valence electrons. The summed E-state index contributed by atoms with van der Waals surface area (Å²) in [5.41, 5.74) is -1.11. The Morgan fingerprint density at radius 1 is 1.16 bits per heavy atom. The number of rotatable bonds is 3. The molecule has 1 aliphatic heterocycles. The van der Waals surface area contributed by atoms with Crippen molar-refractivity contribution in [3.63, 3.8) is 0 Å². The lowest BCUT2D eigenvalue weighted by Gasteiger charge is -2.41. The number of halogens is 1. The van der Waals surface area contributed by atoms with Gasteiger partial charge in [0.15, 0.2) is 11.6 Å². The first-order valence-corrected chi connectivity index (χ1v) is 8.77. The minimum absolute atomic E-state index is 0.141. The quantitative estimate of drug-likeness (QED) is 0.607. The Labute approximate surface area is 152 Å². The van der Waals surface area contributed by atoms with Gasteiger partial charge in [-0.15, -0.1) is 0 Å². The van der Waals surface area contributed by atoms with Crippen LogP contribution in [0.2, 0.25) is 5.02 Å². The first-order valence-electron chi connectivity index (χ1n) is 8.39. The molecule has 0 N–H and O–H groups in total. The van der Waals surface area contributed by atoms with Crippen molar-refractivity contribution >= 4 is 23.4 Å². The lowest BCUT2D eigenvalue weighted by atomic mass is 9.74. The van der Waals surface area contributed by atoms with Crippen LogP contribution in [0, 0.1) is 10.8 Å². The molecule has 1 saturated heterocycles. The summed E-state index contributed by atoms with van der Waals surface area (Å²) >= 11 is 5.93. The maximum atomic E-state index is 13.4. The van der Waals surface area contributed by atoms with Gasteiger partial charge in [0.1, 0.15) is 5.41 Å². The zero-order valence-electron chi connectivity index (χ0n) is 14.8. The molecule has 6 heteroatoms. The predicted octanol–water partition coefficient (Wildman–Crippen LogP) is 3.17. The third kappa shape index (κ3) is 3.21. The van der Waals surface area contributed by atoms with Gasteiger partial charge in [0.25, 0.3) is 0 Å². The minimum atomic E-state index is -1.20. The van der Waals surface area contributed by atoms with Crippen LogP contribution in [-0.2, 0) is 30.2 Å². The highest BCUT2D eigenvalue weighted by atomic mass is 35.5. The SMILES string of the molecule is COC(=O)C1(Cc2ccc(Cl)cc2)CCC2(COC(C)(C)OC2)C1=O. The summed E-state index contributed by atoms with van der Waals surface area (Å²) in [4.78, 5) is 26.0. The van der Waals surface area contributed by atoms with Gasteiger partial charge in [-0.1, -0.05) is 23.7 Å². The molecule has 5 nitrogen and oxygen atoms in total. The highest BCUT2D eigenvalue weighted by molar-refractivity contribution is 6.30. The third-order valence-electron chi connectivity index (χ3n) is 5.33. The summed E-state index contributed by atoms with van der Waals surface area (Å²) in [6, 6.07) is 7.18. The Morgan fingerprint density at radius 2 is 1.76 bits per heavy atom. The van der Waals surface area contributed by atoms with Crippen molar-refractivity contribution in [3.05, 3.63) is 34.9 Å². The molecule has 1 aliphatic carbocycles. The fraction of sp³-hybridized carbons (Fsp3) is 0.579. The van der Waals surface area contributed by atoms with Gasteiger partial charge >= 0.3 is 5.97 Å². The number of benzene rings is 1. The van der Waals surface area contributed by atoms with E-state index >= 15 is 0 Å². The Bertz CT molecular complexity index is 672. The molecular formula is C19H23ClO5. The summed E-state index contributed by atoms with van der Waals surface area (Å²) < 4.78 is 16.5. The van der Waals surface area contributed by atoms with E-state index in [-0.39, 0.29) is 19.0 Å². The molecule has 2 aliphatic rings. The number of esters is 1. The lowest BCUT2D eigenvalue weighted by molar-refractivity contribution is -0.278. The summed E-state index contributed by atoms with van der Waals surface area (Å²) in [7, 11) is 1.32. The topological polar surface area (TPSA) is 61.8 Å². The van der Waals surface area contributed by atoms with Crippen molar-refractivity contribution in [2.45, 2.75) is 38.9 Å². The van der Waals surface area contributed by atoms with Crippen LogP contribution in [0.25, 0.3) is 0 Å². The summed E-state index contributed by atoms with van der Waals surface area (Å²) in [6.07, 6.45) is 1.26. The van der Waals surface area contributed by atoms with Crippen molar-refractivity contribution in [2.24, 2.45) is 10.8 Å². The monoisotopic (exact) mass is 366 g/mol. The van der Waals surface area contributed by atoms with Crippen LogP contribution >= 0.6 is 11.6 Å². The maximum Gasteiger partial charge on any atom is 0.319 e. The number of methoxy groups -OCH3 is 1. The smallest absolute Gasteiger partial charge is 0.319 e. The van der Waals surface area contributed by atoms with E-state index in [1.807, 2.05) is 26.0 Å². The molecule has 0 radical (unpaired) electrons. The first-order chi connectivity index (χ1) is 11.7. The molecule has 0 bridgehead atoms. The first kappa shape index (κ1) is 18.4. The highest BCUT2D eigenvalue weighted by Gasteiger charge is 2.62. The van der Waals surface area contributed by atoms with E-state index in [9.17, 15) is 9.59 Å². The van der Waals surface area contributed by atoms with Gasteiger partial charge in [0.05, 0.1) is 25.7 Å². The van der Waals surface area contributed by atoms with Gasteiger partial charge in [-0.25, -0.2) is 0 Å². The molecule has 1 aromatic rings. The number of carbonyl (C=O) groups excluding carboxylic acids is 2. The molecule has 1 spiro atoms. The Balaban J connectivity index is 1.90. The van der Waals surface area contributed by atoms with Crippen LogP contribution in [0.5, 0.6) is 0 Å². The molecular weight excluding hydrogens is 344 g/mol. The van der Waals surface area contributed by atoms with Crippen molar-refractivity contribution in [1.29, 1.82) is 0 Å². The van der Waals surface area contributed by atoms with Crippen molar-refractivity contribution in [3.8, 4) is 0 Å². The normalized spacial score (nSPS) is 27.4. The minimum Gasteiger partial charge on any atom is -0.468 e. The van der Waals surface area contributed by atoms with E-state index in [0.717, 1.165) is 5.56 Å². The average Bonchev–Trinajstić information content (AvgIpc) is 2.86. The molecule has 0 amide bonds. The zero-order valence-corrected chi connectivity index (χ0v) is 15.5. The van der Waals surface area contributed by atoms with E-state index < -0.39 is 22.6 Å². The van der Waals surface area contributed by atoms with Gasteiger partial charge in [0, 0.05) is 5.02 Å². The van der Waals surface area contributed by atoms with Crippen LogP contribution in [0.4, 0.5) is 0 Å². The second kappa shape index (κ2) is 6.38. The number of carbonyl (C=O) groups is 2. The van der Waals surface area contributed by atoms with Crippen LogP contribution in [0.1, 0.15) is 32.3 Å². The summed E-state index contributed by atoms with van der Waals surface area (Å²) in [6.45, 7) is 4.16. The molecule has 1 aromatic carbocycles. The largest absolute Gasteiger partial charge is 0.468 e. The van der Waals surface area contributed by atoms with Gasteiger partial charge in [-0.05, 0) is 50.8 Å². The van der Waals surface area contributed by atoms with Crippen molar-refractivity contribution < 1.29 is 23.8 Å². The molecule has 2 fully saturated rings. The van der Waals surface area contributed by atoms with Crippen LogP contribution in [0.15, 0.2) is 24.3 Å². The van der Waals surface area contributed by atoms with Crippen LogP contribution in [-0.4, -0.2) is 37.9 Å². The number of Topliss-reactive ketones (excluding diaryl/α,β-unsaturated/α-hetero) is 1. The average molecular weight is 367 g/mol. The third-order valence-corrected chi connectivity index (χ3v) is 5.59. The molecule has 1 saturated carbocycles. The Hall–Kier alpha value is -1.43. The predicted molar refractivity (Wildman–Crippen MR) is 92.3 cm³/mol. The van der Waals surface area contributed by atoms with Crippen molar-refractivity contribution in [2.75, 3.05) is 20.3 Å². The fourth-order valence-electron chi connectivity index (χ4n) is 3.75. The summed E-state index contributed by atoms with van der Waals surface area (Å²) in [5, 5.41) is 0.612. The molecule has 1 heterocycles. The molecule has 1 unspecified atom stereocenters. The number of hydrogen-bond acceptors (Lipinski definition) is 5. The van der Waals surface area contributed by atoms with E-state index in [0.29, 0.717) is 24.3 Å². The van der Waals surface area contributed by atoms with Gasteiger partial charge in [-0.2, -0.15) is 0 Å². The molecule has 0 aromatic heterocycles. The second-order valence-corrected chi connectivity index (χ2v) is 7.90. The van der Waals surface area contributed by atoms with Crippen molar-refractivity contribution in [1.82, 2.24) is 0 Å². The Morgan fingerprint density at radius 3 is 2.32 bits per heavy atom. The number of ether oxygens (including phenoxy) is 3. The van der Waals surface area contributed by atoms with E-state index in [4.69, 9.17) is 25.8 Å². The molecule has 1 atom stereocenters. The van der Waals surface area contributed by atoms with Gasteiger partial charge in [0.2, 0.25) is 0 Å². The zero-order chi connectivity index (χ0) is 18.3. The van der Waals surface area contributed by atoms with Crippen LogP contribution in [0.3, 0.4) is 0 Å². The standard InChI is InChI=1S/C19H23ClO5/c1-17(2)24-11-18(12-25-17)8-9-19(15(18)21,16(22)23-3)10-13-4-6-14(20)7-5-13/h4-7H,8-12H2,1-3H3. The molecule has 25 heavy (non-hydrogen) atoms. The second-order valence-electron chi connectivity index (χ2n) is 7.46. The number of ketones is 1. The summed E-state index contributed by atoms with van der Waals surface area (Å²) in [5.74, 6) is -1.34. The fourth-order valence-corrected chi connectivity index (χ4v) is 3.88. The highest BCUT2D eigenvalue weighted by Crippen LogP contribution is 2.51. The van der Waals surface area contributed by atoms with E-state index in [2.05, 4.69) is 0 Å². The number of hydrogen-bond donors (Lipinski definition) is 0. The Kier molecular flexibility index (Phi) is 4.69. The van der Waals surface area contributed by atoms with Crippen LogP contribution < -0.4 is 0 Å². The van der Waals surface area contributed by atoms with Gasteiger partial charge in [-0.3, -0.25) is 9.59 Å². The van der Waals surface area contributed by atoms with E-state index in [1.54, 1.807) is 12.1 Å². The van der Waals surface area contributed by atoms with E-state index in [1.165, 1.54) is 7.11 Å². The lowest BCUT2D eigenvalue weighted by Crippen LogP contribution is -2.52. The maximum absolute atomic E-state index is 13.4. The molecule has 3 rings (SSSR count). The van der Waals surface area contributed by atoms with Gasteiger partial charge < -0.3 is 14.2 Å².